The highest BCUT2D eigenvalue weighted by atomic mass is 35.5. The van der Waals surface area contributed by atoms with E-state index >= 15 is 0 Å². The molecule has 2 aromatic heterocycles. The molecule has 0 radical (unpaired) electrons. The van der Waals surface area contributed by atoms with Gasteiger partial charge in [0, 0.05) is 6.20 Å². The molecule has 4 nitrogen and oxygen atoms in total. The van der Waals surface area contributed by atoms with Crippen molar-refractivity contribution in [2.24, 2.45) is 0 Å². The highest BCUT2D eigenvalue weighted by Gasteiger charge is 2.02. The lowest BCUT2D eigenvalue weighted by atomic mass is 10.4. The summed E-state index contributed by atoms with van der Waals surface area (Å²) in [5.74, 6) is 0.380. The Kier molecular flexibility index (Phi) is 1.22. The van der Waals surface area contributed by atoms with Crippen molar-refractivity contribution in [3.8, 4) is 0 Å². The number of halogens is 1. The summed E-state index contributed by atoms with van der Waals surface area (Å²) < 4.78 is 0. The minimum atomic E-state index is 0.176. The highest BCUT2D eigenvalue weighted by molar-refractivity contribution is 6.28. The number of aromatic amines is 1. The van der Waals surface area contributed by atoms with Gasteiger partial charge < -0.3 is 10.7 Å². The van der Waals surface area contributed by atoms with Gasteiger partial charge in [0.15, 0.2) is 5.82 Å². The van der Waals surface area contributed by atoms with Crippen molar-refractivity contribution >= 4 is 28.5 Å². The summed E-state index contributed by atoms with van der Waals surface area (Å²) in [4.78, 5) is 10.6. The molecule has 0 aliphatic carbocycles. The summed E-state index contributed by atoms with van der Waals surface area (Å²) in [6.45, 7) is 0. The molecular weight excluding hydrogens is 164 g/mol. The predicted molar refractivity (Wildman–Crippen MR) is 43.3 cm³/mol. The molecule has 0 aliphatic heterocycles. The highest BCUT2D eigenvalue weighted by Crippen LogP contribution is 2.16. The zero-order valence-corrected chi connectivity index (χ0v) is 6.26. The molecular formula is C6H5ClN4. The molecule has 56 valence electrons. The topological polar surface area (TPSA) is 67.6 Å². The maximum Gasteiger partial charge on any atom is 0.225 e. The van der Waals surface area contributed by atoms with Crippen molar-refractivity contribution in [1.82, 2.24) is 15.0 Å². The van der Waals surface area contributed by atoms with E-state index in [2.05, 4.69) is 15.0 Å². The van der Waals surface area contributed by atoms with Crippen LogP contribution in [0.5, 0.6) is 0 Å². The average molecular weight is 169 g/mol. The predicted octanol–water partition coefficient (Wildman–Crippen LogP) is 1.19. The number of hydrogen-bond donors (Lipinski definition) is 2. The van der Waals surface area contributed by atoms with E-state index < -0.39 is 0 Å². The van der Waals surface area contributed by atoms with E-state index in [0.29, 0.717) is 5.82 Å². The molecule has 0 bridgehead atoms. The second-order valence-electron chi connectivity index (χ2n) is 2.12. The number of nitrogens with one attached hydrogen (secondary N) is 1. The van der Waals surface area contributed by atoms with Crippen LogP contribution in [0.15, 0.2) is 12.3 Å². The molecule has 0 saturated carbocycles. The normalized spacial score (nSPS) is 10.6. The van der Waals surface area contributed by atoms with Crippen molar-refractivity contribution in [3.05, 3.63) is 17.5 Å². The van der Waals surface area contributed by atoms with E-state index in [0.717, 1.165) is 11.0 Å². The number of nitrogens with two attached hydrogens (primary N) is 1. The third-order valence-electron chi connectivity index (χ3n) is 1.41. The fourth-order valence-electron chi connectivity index (χ4n) is 0.939. The van der Waals surface area contributed by atoms with Gasteiger partial charge in [-0.2, -0.15) is 4.98 Å². The molecule has 0 atom stereocenters. The SMILES string of the molecule is Nc1nc(Cl)nc2cc[nH]c12. The fraction of sp³-hybridized carbons (Fsp3) is 0. The summed E-state index contributed by atoms with van der Waals surface area (Å²) in [5, 5.41) is 0.176. The van der Waals surface area contributed by atoms with Gasteiger partial charge in [-0.25, -0.2) is 4.98 Å². The number of anilines is 1. The molecule has 2 rings (SSSR count). The Balaban J connectivity index is 2.91. The quantitative estimate of drug-likeness (QED) is 0.581. The largest absolute Gasteiger partial charge is 0.382 e. The summed E-state index contributed by atoms with van der Waals surface area (Å²) in [6.07, 6.45) is 1.74. The minimum Gasteiger partial charge on any atom is -0.382 e. The molecule has 0 spiro atoms. The van der Waals surface area contributed by atoms with Gasteiger partial charge in [-0.05, 0) is 17.7 Å². The van der Waals surface area contributed by atoms with Crippen LogP contribution in [0, 0.1) is 0 Å². The van der Waals surface area contributed by atoms with E-state index in [1.807, 2.05) is 0 Å². The molecule has 0 aliphatic rings. The molecule has 0 saturated heterocycles. The molecule has 2 heterocycles. The van der Waals surface area contributed by atoms with Gasteiger partial charge in [-0.3, -0.25) is 0 Å². The lowest BCUT2D eigenvalue weighted by Gasteiger charge is -1.94. The third kappa shape index (κ3) is 0.914. The molecule has 0 amide bonds. The smallest absolute Gasteiger partial charge is 0.225 e. The number of aromatic nitrogens is 3. The number of H-pyrrole nitrogens is 1. The van der Waals surface area contributed by atoms with Gasteiger partial charge in [-0.1, -0.05) is 0 Å². The first-order chi connectivity index (χ1) is 5.27. The first kappa shape index (κ1) is 6.42. The summed E-state index contributed by atoms with van der Waals surface area (Å²) in [6, 6.07) is 1.79. The Bertz CT molecular complexity index is 394. The monoisotopic (exact) mass is 168 g/mol. The van der Waals surface area contributed by atoms with Crippen LogP contribution >= 0.6 is 11.6 Å². The number of fused-ring (bicyclic) bond motifs is 1. The van der Waals surface area contributed by atoms with Crippen molar-refractivity contribution in [2.75, 3.05) is 5.73 Å². The number of nitrogen functional groups attached to an aromatic ring is 1. The van der Waals surface area contributed by atoms with Crippen LogP contribution in [0.3, 0.4) is 0 Å². The molecule has 0 unspecified atom stereocenters. The molecule has 11 heavy (non-hydrogen) atoms. The molecule has 2 aromatic rings. The third-order valence-corrected chi connectivity index (χ3v) is 1.58. The van der Waals surface area contributed by atoms with Gasteiger partial charge in [0.25, 0.3) is 0 Å². The van der Waals surface area contributed by atoms with Crippen molar-refractivity contribution in [1.29, 1.82) is 0 Å². The molecule has 0 aromatic carbocycles. The summed E-state index contributed by atoms with van der Waals surface area (Å²) in [7, 11) is 0. The second kappa shape index (κ2) is 2.10. The van der Waals surface area contributed by atoms with Crippen LogP contribution in [0.25, 0.3) is 11.0 Å². The summed E-state index contributed by atoms with van der Waals surface area (Å²) >= 11 is 5.56. The molecule has 0 fully saturated rings. The lowest BCUT2D eigenvalue weighted by Crippen LogP contribution is -1.93. The fourth-order valence-corrected chi connectivity index (χ4v) is 1.12. The van der Waals surface area contributed by atoms with E-state index in [1.54, 1.807) is 12.3 Å². The van der Waals surface area contributed by atoms with E-state index in [1.165, 1.54) is 0 Å². The second-order valence-corrected chi connectivity index (χ2v) is 2.45. The van der Waals surface area contributed by atoms with Crippen molar-refractivity contribution in [2.45, 2.75) is 0 Å². The standard InChI is InChI=1S/C6H5ClN4/c7-6-10-3-1-2-9-4(3)5(8)11-6/h1-2,9H,(H2,8,10,11). The lowest BCUT2D eigenvalue weighted by molar-refractivity contribution is 1.22. The maximum absolute atomic E-state index is 5.56. The molecule has 3 N–H and O–H groups in total. The maximum atomic E-state index is 5.56. The van der Waals surface area contributed by atoms with Gasteiger partial charge in [0.1, 0.15) is 5.52 Å². The van der Waals surface area contributed by atoms with E-state index in [-0.39, 0.29) is 5.28 Å². The Labute approximate surface area is 67.4 Å². The molecule has 5 heteroatoms. The first-order valence-corrected chi connectivity index (χ1v) is 3.41. The van der Waals surface area contributed by atoms with Gasteiger partial charge in [0.2, 0.25) is 5.28 Å². The Morgan fingerprint density at radius 3 is 3.09 bits per heavy atom. The summed E-state index contributed by atoms with van der Waals surface area (Å²) in [5.41, 5.74) is 7.00. The van der Waals surface area contributed by atoms with Gasteiger partial charge >= 0.3 is 0 Å². The van der Waals surface area contributed by atoms with Gasteiger partial charge in [-0.15, -0.1) is 0 Å². The number of hydrogen-bond acceptors (Lipinski definition) is 3. The average Bonchev–Trinajstić information content (AvgIpc) is 2.34. The van der Waals surface area contributed by atoms with Crippen LogP contribution in [0.1, 0.15) is 0 Å². The van der Waals surface area contributed by atoms with Crippen LogP contribution in [0.4, 0.5) is 5.82 Å². The first-order valence-electron chi connectivity index (χ1n) is 3.03. The number of rotatable bonds is 0. The van der Waals surface area contributed by atoms with E-state index in [9.17, 15) is 0 Å². The Morgan fingerprint density at radius 1 is 1.45 bits per heavy atom. The Morgan fingerprint density at radius 2 is 2.27 bits per heavy atom. The van der Waals surface area contributed by atoms with Crippen LogP contribution in [-0.2, 0) is 0 Å². The van der Waals surface area contributed by atoms with E-state index in [4.69, 9.17) is 17.3 Å². The van der Waals surface area contributed by atoms with Crippen LogP contribution in [0.2, 0.25) is 5.28 Å². The van der Waals surface area contributed by atoms with Crippen LogP contribution in [-0.4, -0.2) is 15.0 Å². The van der Waals surface area contributed by atoms with Crippen LogP contribution < -0.4 is 5.73 Å². The zero-order valence-electron chi connectivity index (χ0n) is 5.50. The van der Waals surface area contributed by atoms with Gasteiger partial charge in [0.05, 0.1) is 5.52 Å². The Hall–Kier alpha value is -1.29. The number of nitrogens with zero attached hydrogens (tertiary/aromatic N) is 2. The van der Waals surface area contributed by atoms with Crippen molar-refractivity contribution < 1.29 is 0 Å². The zero-order chi connectivity index (χ0) is 7.84. The van der Waals surface area contributed by atoms with Crippen molar-refractivity contribution in [3.63, 3.8) is 0 Å². The minimum absolute atomic E-state index is 0.176.